The Morgan fingerprint density at radius 3 is 2.68 bits per heavy atom. The number of rotatable bonds is 5. The highest BCUT2D eigenvalue weighted by atomic mass is 35.5. The second-order valence-corrected chi connectivity index (χ2v) is 8.10. The van der Waals surface area contributed by atoms with Gasteiger partial charge in [0.25, 0.3) is 0 Å². The van der Waals surface area contributed by atoms with Gasteiger partial charge >= 0.3 is 0 Å². The first-order valence-corrected chi connectivity index (χ1v) is 9.92. The lowest BCUT2D eigenvalue weighted by Crippen LogP contribution is -2.36. The van der Waals surface area contributed by atoms with Gasteiger partial charge in [-0.2, -0.15) is 0 Å². The summed E-state index contributed by atoms with van der Waals surface area (Å²) in [5.74, 6) is 0.806. The van der Waals surface area contributed by atoms with E-state index < -0.39 is 10.0 Å². The molecule has 1 aliphatic rings. The summed E-state index contributed by atoms with van der Waals surface area (Å²) in [6.45, 7) is 2.98. The Labute approximate surface area is 156 Å². The monoisotopic (exact) mass is 401 g/mol. The number of morpholine rings is 1. The summed E-state index contributed by atoms with van der Waals surface area (Å²) in [5, 5.41) is 0.434. The van der Waals surface area contributed by atoms with Crippen molar-refractivity contribution in [1.29, 1.82) is 0 Å². The molecule has 0 amide bonds. The maximum Gasteiger partial charge on any atom is 0.242 e. The first kappa shape index (κ1) is 18.4. The van der Waals surface area contributed by atoms with Crippen LogP contribution in [0, 0.1) is 0 Å². The van der Waals surface area contributed by atoms with Crippen LogP contribution in [0.15, 0.2) is 41.4 Å². The van der Waals surface area contributed by atoms with E-state index in [-0.39, 0.29) is 16.5 Å². The number of pyridine rings is 1. The SMILES string of the molecule is O=S(=O)(NCc1ccnc(N2CCOCC2)c1)c1cc(Cl)ccc1Cl. The highest BCUT2D eigenvalue weighted by Crippen LogP contribution is 2.25. The molecule has 1 aromatic carbocycles. The summed E-state index contributed by atoms with van der Waals surface area (Å²) in [6.07, 6.45) is 1.67. The van der Waals surface area contributed by atoms with Crippen molar-refractivity contribution >= 4 is 39.0 Å². The van der Waals surface area contributed by atoms with Gasteiger partial charge in [-0.25, -0.2) is 18.1 Å². The van der Waals surface area contributed by atoms with Gasteiger partial charge in [0.2, 0.25) is 10.0 Å². The van der Waals surface area contributed by atoms with Crippen LogP contribution in [0.25, 0.3) is 0 Å². The minimum atomic E-state index is -3.77. The normalized spacial score (nSPS) is 15.4. The van der Waals surface area contributed by atoms with Crippen LogP contribution in [-0.4, -0.2) is 39.7 Å². The van der Waals surface area contributed by atoms with Crippen LogP contribution < -0.4 is 9.62 Å². The number of hydrogen-bond donors (Lipinski definition) is 1. The van der Waals surface area contributed by atoms with Crippen LogP contribution in [-0.2, 0) is 21.3 Å². The van der Waals surface area contributed by atoms with Crippen LogP contribution in [0.1, 0.15) is 5.56 Å². The summed E-state index contributed by atoms with van der Waals surface area (Å²) in [7, 11) is -3.77. The number of aromatic nitrogens is 1. The maximum absolute atomic E-state index is 12.5. The Bertz CT molecular complexity index is 855. The van der Waals surface area contributed by atoms with Crippen molar-refractivity contribution in [3.63, 3.8) is 0 Å². The average molecular weight is 402 g/mol. The van der Waals surface area contributed by atoms with Crippen molar-refractivity contribution in [2.75, 3.05) is 31.2 Å². The van der Waals surface area contributed by atoms with Gasteiger partial charge in [-0.1, -0.05) is 23.2 Å². The molecule has 0 atom stereocenters. The van der Waals surface area contributed by atoms with Crippen LogP contribution in [0.3, 0.4) is 0 Å². The van der Waals surface area contributed by atoms with Gasteiger partial charge in [0, 0.05) is 30.9 Å². The van der Waals surface area contributed by atoms with E-state index in [0.29, 0.717) is 18.2 Å². The number of ether oxygens (including phenoxy) is 1. The maximum atomic E-state index is 12.5. The second kappa shape index (κ2) is 7.88. The van der Waals surface area contributed by atoms with Gasteiger partial charge in [-0.3, -0.25) is 0 Å². The van der Waals surface area contributed by atoms with Gasteiger partial charge in [-0.15, -0.1) is 0 Å². The van der Waals surface area contributed by atoms with Crippen LogP contribution in [0.2, 0.25) is 10.0 Å². The molecular formula is C16H17Cl2N3O3S. The molecule has 1 aromatic heterocycles. The van der Waals surface area contributed by atoms with Crippen LogP contribution in [0.4, 0.5) is 5.82 Å². The molecule has 1 fully saturated rings. The van der Waals surface area contributed by atoms with Crippen molar-refractivity contribution in [3.8, 4) is 0 Å². The zero-order valence-electron chi connectivity index (χ0n) is 13.3. The Hall–Kier alpha value is -1.38. The molecule has 0 unspecified atom stereocenters. The van der Waals surface area contributed by atoms with Crippen molar-refractivity contribution in [2.45, 2.75) is 11.4 Å². The van der Waals surface area contributed by atoms with Gasteiger partial charge < -0.3 is 9.64 Å². The molecule has 2 aromatic rings. The molecule has 134 valence electrons. The molecule has 0 spiro atoms. The smallest absolute Gasteiger partial charge is 0.242 e. The number of sulfonamides is 1. The Kier molecular flexibility index (Phi) is 5.81. The van der Waals surface area contributed by atoms with E-state index in [9.17, 15) is 8.42 Å². The fourth-order valence-electron chi connectivity index (χ4n) is 2.48. The standard InChI is InChI=1S/C16H17Cl2N3O3S/c17-13-1-2-14(18)15(10-13)25(22,23)20-11-12-3-4-19-16(9-12)21-5-7-24-8-6-21/h1-4,9-10,20H,5-8,11H2. The van der Waals surface area contributed by atoms with E-state index in [4.69, 9.17) is 27.9 Å². The Balaban J connectivity index is 1.73. The topological polar surface area (TPSA) is 71.5 Å². The summed E-state index contributed by atoms with van der Waals surface area (Å²) in [6, 6.07) is 7.97. The van der Waals surface area contributed by atoms with E-state index >= 15 is 0 Å². The number of halogens is 2. The predicted octanol–water partition coefficient (Wildman–Crippen LogP) is 2.70. The molecular weight excluding hydrogens is 385 g/mol. The van der Waals surface area contributed by atoms with Crippen molar-refractivity contribution in [2.24, 2.45) is 0 Å². The molecule has 6 nitrogen and oxygen atoms in total. The third kappa shape index (κ3) is 4.62. The third-order valence-electron chi connectivity index (χ3n) is 3.79. The molecule has 0 saturated carbocycles. The first-order valence-electron chi connectivity index (χ1n) is 7.68. The molecule has 0 radical (unpaired) electrons. The third-order valence-corrected chi connectivity index (χ3v) is 5.91. The van der Waals surface area contributed by atoms with Gasteiger partial charge in [0.15, 0.2) is 0 Å². The molecule has 1 N–H and O–H groups in total. The number of hydrogen-bond acceptors (Lipinski definition) is 5. The number of anilines is 1. The van der Waals surface area contributed by atoms with Gasteiger partial charge in [-0.05, 0) is 35.9 Å². The molecule has 0 bridgehead atoms. The van der Waals surface area contributed by atoms with E-state index in [1.807, 2.05) is 6.07 Å². The fraction of sp³-hybridized carbons (Fsp3) is 0.312. The fourth-order valence-corrected chi connectivity index (χ4v) is 4.25. The van der Waals surface area contributed by atoms with Crippen LogP contribution >= 0.6 is 23.2 Å². The molecule has 2 heterocycles. The molecule has 9 heteroatoms. The molecule has 3 rings (SSSR count). The van der Waals surface area contributed by atoms with Crippen molar-refractivity contribution < 1.29 is 13.2 Å². The van der Waals surface area contributed by atoms with E-state index in [2.05, 4.69) is 14.6 Å². The lowest BCUT2D eigenvalue weighted by molar-refractivity contribution is 0.122. The van der Waals surface area contributed by atoms with E-state index in [1.54, 1.807) is 18.3 Å². The molecule has 1 saturated heterocycles. The Morgan fingerprint density at radius 2 is 1.92 bits per heavy atom. The van der Waals surface area contributed by atoms with Crippen molar-refractivity contribution in [3.05, 3.63) is 52.1 Å². The quantitative estimate of drug-likeness (QED) is 0.833. The van der Waals surface area contributed by atoms with E-state index in [1.165, 1.54) is 12.1 Å². The predicted molar refractivity (Wildman–Crippen MR) is 97.8 cm³/mol. The number of benzene rings is 1. The van der Waals surface area contributed by atoms with Gasteiger partial charge in [0.05, 0.1) is 18.2 Å². The minimum Gasteiger partial charge on any atom is -0.378 e. The van der Waals surface area contributed by atoms with Crippen LogP contribution in [0.5, 0.6) is 0 Å². The highest BCUT2D eigenvalue weighted by Gasteiger charge is 2.19. The van der Waals surface area contributed by atoms with Gasteiger partial charge in [0.1, 0.15) is 10.7 Å². The zero-order chi connectivity index (χ0) is 17.9. The second-order valence-electron chi connectivity index (χ2n) is 5.52. The largest absolute Gasteiger partial charge is 0.378 e. The lowest BCUT2D eigenvalue weighted by Gasteiger charge is -2.28. The Morgan fingerprint density at radius 1 is 1.16 bits per heavy atom. The van der Waals surface area contributed by atoms with E-state index in [0.717, 1.165) is 24.5 Å². The molecule has 0 aliphatic carbocycles. The average Bonchev–Trinajstić information content (AvgIpc) is 2.63. The number of nitrogens with one attached hydrogen (secondary N) is 1. The summed E-state index contributed by atoms with van der Waals surface area (Å²) in [5.41, 5.74) is 0.804. The minimum absolute atomic E-state index is 0.0378. The number of nitrogens with zero attached hydrogens (tertiary/aromatic N) is 2. The highest BCUT2D eigenvalue weighted by molar-refractivity contribution is 7.89. The first-order chi connectivity index (χ1) is 12.0. The molecule has 1 aliphatic heterocycles. The zero-order valence-corrected chi connectivity index (χ0v) is 15.6. The lowest BCUT2D eigenvalue weighted by atomic mass is 10.2. The summed E-state index contributed by atoms with van der Waals surface area (Å²) >= 11 is 11.9. The molecule has 25 heavy (non-hydrogen) atoms. The summed E-state index contributed by atoms with van der Waals surface area (Å²) < 4.78 is 32.8. The van der Waals surface area contributed by atoms with Crippen molar-refractivity contribution in [1.82, 2.24) is 9.71 Å². The summed E-state index contributed by atoms with van der Waals surface area (Å²) in [4.78, 5) is 6.41.